The molecule has 704 valence electrons. The first kappa shape index (κ1) is 107. The van der Waals surface area contributed by atoms with E-state index in [0.29, 0.717) is 161 Å². The Morgan fingerprint density at radius 1 is 0.440 bits per heavy atom. The summed E-state index contributed by atoms with van der Waals surface area (Å²) >= 11 is 13.0. The third-order valence-corrected chi connectivity index (χ3v) is 25.4. The van der Waals surface area contributed by atoms with Gasteiger partial charge in [0.25, 0.3) is 0 Å². The largest absolute Gasteiger partial charge is 0.481 e. The minimum Gasteiger partial charge on any atom is -0.481 e. The van der Waals surface area contributed by atoms with E-state index in [2.05, 4.69) is 43.2 Å². The number of nitrogens with zero attached hydrogens (tertiary/aromatic N) is 8. The molecule has 4 fully saturated rings. The maximum absolute atomic E-state index is 17.0. The van der Waals surface area contributed by atoms with Crippen LogP contribution in [-0.2, 0) is 119 Å². The molecule has 125 heavy (non-hydrogen) atoms. The van der Waals surface area contributed by atoms with Crippen LogP contribution in [0.3, 0.4) is 0 Å². The molecule has 11 atom stereocenters. The summed E-state index contributed by atoms with van der Waals surface area (Å²) in [5, 5.41) is 12.4. The Morgan fingerprint density at radius 2 is 0.808 bits per heavy atom. The topological polar surface area (TPSA) is 303 Å². The molecule has 1 N–H and O–H groups in total. The lowest BCUT2D eigenvalue weighted by atomic mass is 9.66. The number of carbonyl (C=O) groups excluding carboxylic acids is 7. The predicted molar refractivity (Wildman–Crippen MR) is 481 cm³/mol. The summed E-state index contributed by atoms with van der Waals surface area (Å²) in [7, 11) is 2.43. The molecule has 4 heterocycles. The number of esters is 6. The molecule has 0 bridgehead atoms. The molecule has 0 spiro atoms. The zero-order chi connectivity index (χ0) is 89.9. The zero-order valence-corrected chi connectivity index (χ0v) is 78.9. The summed E-state index contributed by atoms with van der Waals surface area (Å²) in [5.41, 5.74) is 4.14. The van der Waals surface area contributed by atoms with Gasteiger partial charge in [0.1, 0.15) is 0 Å². The number of aliphatic carboxylic acids is 1. The molecule has 0 saturated carbocycles. The van der Waals surface area contributed by atoms with Crippen molar-refractivity contribution in [2.24, 2.45) is 35.5 Å². The first-order chi connectivity index (χ1) is 60.8. The number of carbonyl (C=O) groups is 8. The van der Waals surface area contributed by atoms with Gasteiger partial charge in [0.05, 0.1) is 121 Å². The average molecular weight is 1840 g/mol. The number of amides is 1. The fourth-order valence-corrected chi connectivity index (χ4v) is 18.4. The van der Waals surface area contributed by atoms with Crippen LogP contribution >= 0.6 is 40.6 Å². The van der Waals surface area contributed by atoms with Crippen LogP contribution in [0.2, 0.25) is 0 Å². The Labute approximate surface area is 755 Å². The van der Waals surface area contributed by atoms with Crippen LogP contribution in [0.4, 0.5) is 0 Å². The van der Waals surface area contributed by atoms with Crippen molar-refractivity contribution in [3.05, 3.63) is 106 Å². The SMILES string of the molecule is CCOOCCCN1CCCN(CCC(=O)OCC)CCN(Cc2ccc(C(CC3C(=O)OC(=O)C3C(CC(C(=O)O)C(C(=O)N3CCCN(CCCOOCC)CCN(CCCOOCC)CCCN(CCC(=O)OCC)CC3)C(COPP)c3ccc(CCl)cc3)c3ccc(CCl)cc3)C3C(=O)OC(=O)C3CC)cc2)CCCN(CCCOOCC)CC1. The predicted octanol–water partition coefficient (Wildman–Crippen LogP) is 11.7. The lowest BCUT2D eigenvalue weighted by Gasteiger charge is -2.38. The lowest BCUT2D eigenvalue weighted by Crippen LogP contribution is -2.49. The first-order valence-electron chi connectivity index (χ1n) is 45.7. The number of alkyl halides is 2. The van der Waals surface area contributed by atoms with Crippen molar-refractivity contribution < 1.29 is 106 Å². The van der Waals surface area contributed by atoms with E-state index in [1.807, 2.05) is 83.1 Å². The van der Waals surface area contributed by atoms with E-state index in [0.717, 1.165) is 121 Å². The molecule has 34 heteroatoms. The first-order valence-corrected chi connectivity index (χ1v) is 49.5. The Hall–Kier alpha value is -5.38. The highest BCUT2D eigenvalue weighted by atomic mass is 35.5. The van der Waals surface area contributed by atoms with E-state index in [1.54, 1.807) is 43.0 Å². The highest BCUT2D eigenvalue weighted by Crippen LogP contribution is 2.50. The second-order valence-electron chi connectivity index (χ2n) is 32.3. The zero-order valence-electron chi connectivity index (χ0n) is 75.2. The Balaban J connectivity index is 1.29. The molecule has 30 nitrogen and oxygen atoms in total. The summed E-state index contributed by atoms with van der Waals surface area (Å²) in [6.45, 7) is 31.3. The van der Waals surface area contributed by atoms with Gasteiger partial charge >= 0.3 is 41.8 Å². The third-order valence-electron chi connectivity index (χ3n) is 23.9. The molecule has 4 aliphatic heterocycles. The van der Waals surface area contributed by atoms with Crippen molar-refractivity contribution in [1.82, 2.24) is 39.2 Å². The van der Waals surface area contributed by atoms with Crippen LogP contribution < -0.4 is 0 Å². The molecular formula is C91H144Cl2N8O22P2. The van der Waals surface area contributed by atoms with Gasteiger partial charge in [0, 0.05) is 131 Å². The number of ether oxygens (including phenoxy) is 4. The fourth-order valence-electron chi connectivity index (χ4n) is 17.5. The fraction of sp³-hybridized carbons (Fsp3) is 0.714. The van der Waals surface area contributed by atoms with E-state index >= 15 is 19.2 Å². The maximum atomic E-state index is 17.0. The van der Waals surface area contributed by atoms with E-state index in [-0.39, 0.29) is 90.6 Å². The Morgan fingerprint density at radius 3 is 1.21 bits per heavy atom. The number of hydrogen-bond donors (Lipinski definition) is 1. The summed E-state index contributed by atoms with van der Waals surface area (Å²) in [6, 6.07) is 22.3. The second kappa shape index (κ2) is 62.1. The highest BCUT2D eigenvalue weighted by molar-refractivity contribution is 8.00. The Bertz CT molecular complexity index is 3580. The molecule has 4 saturated heterocycles. The third kappa shape index (κ3) is 37.8. The summed E-state index contributed by atoms with van der Waals surface area (Å²) in [5.74, 6) is -16.2. The van der Waals surface area contributed by atoms with Crippen molar-refractivity contribution in [3.63, 3.8) is 0 Å². The van der Waals surface area contributed by atoms with Gasteiger partial charge in [-0.25, -0.2) is 39.1 Å². The minimum atomic E-state index is -1.61. The maximum Gasteiger partial charge on any atom is 0.318 e. The van der Waals surface area contributed by atoms with Gasteiger partial charge in [-0.3, -0.25) is 43.3 Å². The number of halogens is 2. The van der Waals surface area contributed by atoms with Gasteiger partial charge < -0.3 is 62.9 Å². The number of rotatable bonds is 53. The van der Waals surface area contributed by atoms with Crippen LogP contribution in [0.1, 0.15) is 183 Å². The van der Waals surface area contributed by atoms with Gasteiger partial charge in [-0.2, -0.15) is 0 Å². The van der Waals surface area contributed by atoms with Crippen LogP contribution in [-0.4, -0.2) is 309 Å². The molecule has 11 unspecified atom stereocenters. The minimum absolute atomic E-state index is 0.0969. The van der Waals surface area contributed by atoms with Crippen LogP contribution in [0.25, 0.3) is 0 Å². The van der Waals surface area contributed by atoms with Gasteiger partial charge in [-0.1, -0.05) is 88.6 Å². The molecule has 7 rings (SSSR count). The van der Waals surface area contributed by atoms with Gasteiger partial charge in [0.15, 0.2) is 0 Å². The van der Waals surface area contributed by atoms with Crippen LogP contribution in [0.15, 0.2) is 72.8 Å². The standard InChI is InChI=1S/C91H144Cl2N8O22P2/c1-8-75-84(90(109)122-88(75)107)77(73-33-27-71(28-34-73)67-100-43-17-39-96(46-21-61-119-115-13-6)52-51-94(44-19-59-117-113-11-4)37-15-40-98(55-56-100)49-35-81(102)111-9-2)64-79-85(91(110)123-89(79)108)76(72-29-23-69(65-92)24-30-72)63-78(87(105)106)83(80(68-121-125-124)74-31-25-70(66-93)26-32-74)86(104)101-48-18-42-97(47-22-62-120-116-14-7)54-53-95(45-20-60-118-114-12-5)38-16-41-99(57-58-101)50-36-82(103)112-10-3/h23-34,75-80,83-85,125H,8-22,35-68,124H2,1-7H3,(H,105,106). The van der Waals surface area contributed by atoms with E-state index in [4.69, 9.17) is 85.8 Å². The smallest absolute Gasteiger partial charge is 0.318 e. The van der Waals surface area contributed by atoms with Crippen molar-refractivity contribution in [2.45, 2.75) is 168 Å². The number of benzene rings is 3. The Kier molecular flexibility index (Phi) is 52.9. The normalized spacial score (nSPS) is 20.7. The second-order valence-corrected chi connectivity index (χ2v) is 34.1. The summed E-state index contributed by atoms with van der Waals surface area (Å²) < 4.78 is 28.5. The lowest BCUT2D eigenvalue weighted by molar-refractivity contribution is -0.291. The van der Waals surface area contributed by atoms with Crippen LogP contribution in [0, 0.1) is 35.5 Å². The summed E-state index contributed by atoms with van der Waals surface area (Å²) in [4.78, 5) is 179. The van der Waals surface area contributed by atoms with Crippen molar-refractivity contribution in [3.8, 4) is 0 Å². The van der Waals surface area contributed by atoms with Crippen LogP contribution in [0.5, 0.6) is 0 Å². The highest BCUT2D eigenvalue weighted by Gasteiger charge is 2.56. The van der Waals surface area contributed by atoms with Gasteiger partial charge in [-0.15, -0.1) is 23.2 Å². The molecule has 0 aliphatic carbocycles. The van der Waals surface area contributed by atoms with E-state index in [9.17, 15) is 24.3 Å². The molecule has 0 aromatic heterocycles. The molecule has 4 aliphatic rings. The molecule has 1 amide bonds. The van der Waals surface area contributed by atoms with E-state index < -0.39 is 89.0 Å². The average Bonchev–Trinajstić information content (AvgIpc) is 1.68. The number of carboxylic acid groups (broad SMARTS) is 1. The molecule has 3 aromatic rings. The van der Waals surface area contributed by atoms with Crippen molar-refractivity contribution in [2.75, 3.05) is 217 Å². The quantitative estimate of drug-likeness (QED) is 0.00802. The van der Waals surface area contributed by atoms with Gasteiger partial charge in [0.2, 0.25) is 5.91 Å². The van der Waals surface area contributed by atoms with Crippen molar-refractivity contribution >= 4 is 88.3 Å². The number of cyclic esters (lactones) is 4. The molecular weight excluding hydrogens is 1690 g/mol. The van der Waals surface area contributed by atoms with E-state index in [1.165, 1.54) is 0 Å². The van der Waals surface area contributed by atoms with Gasteiger partial charge in [-0.05, 0) is 203 Å². The monoisotopic (exact) mass is 1830 g/mol. The summed E-state index contributed by atoms with van der Waals surface area (Å²) in [6.07, 6.45) is 5.85. The number of carboxylic acids is 1. The molecule has 0 radical (unpaired) electrons. The van der Waals surface area contributed by atoms with Crippen molar-refractivity contribution in [1.29, 1.82) is 0 Å². The molecule has 3 aromatic carbocycles. The number of hydrogen-bond acceptors (Lipinski definition) is 28.